The lowest BCUT2D eigenvalue weighted by molar-refractivity contribution is 0.630. The molecular weight excluding hydrogens is 166 g/mol. The third kappa shape index (κ3) is 2.69. The van der Waals surface area contributed by atoms with Crippen molar-refractivity contribution in [2.75, 3.05) is 0 Å². The van der Waals surface area contributed by atoms with Crippen molar-refractivity contribution >= 4 is 11.3 Å². The Morgan fingerprint density at radius 3 is 3.08 bits per heavy atom. The Morgan fingerprint density at radius 2 is 2.50 bits per heavy atom. The van der Waals surface area contributed by atoms with Crippen molar-refractivity contribution in [3.05, 3.63) is 22.4 Å². The lowest BCUT2D eigenvalue weighted by Crippen LogP contribution is -2.07. The molecule has 1 aromatic rings. The van der Waals surface area contributed by atoms with Crippen molar-refractivity contribution in [1.29, 1.82) is 0 Å². The summed E-state index contributed by atoms with van der Waals surface area (Å²) in [7, 11) is 0. The second-order valence-electron chi connectivity index (χ2n) is 2.72. The lowest BCUT2D eigenvalue weighted by atomic mass is 10.1. The second kappa shape index (κ2) is 4.97. The molecule has 1 atom stereocenters. The van der Waals surface area contributed by atoms with Crippen LogP contribution in [-0.4, -0.2) is 0 Å². The maximum Gasteiger partial charge on any atom is 0.0390 e. The predicted molar refractivity (Wildman–Crippen MR) is 53.9 cm³/mol. The summed E-state index contributed by atoms with van der Waals surface area (Å²) in [6.45, 7) is 0. The quantitative estimate of drug-likeness (QED) is 0.558. The second-order valence-corrected chi connectivity index (χ2v) is 3.70. The number of rotatable bonds is 4. The van der Waals surface area contributed by atoms with Crippen LogP contribution in [0.1, 0.15) is 30.2 Å². The van der Waals surface area contributed by atoms with Gasteiger partial charge in [0.05, 0.1) is 0 Å². The highest BCUT2D eigenvalue weighted by Crippen LogP contribution is 2.20. The Hall–Kier alpha value is -0.780. The van der Waals surface area contributed by atoms with Crippen LogP contribution in [0.3, 0.4) is 0 Å². The molecule has 1 aromatic heterocycles. The first-order chi connectivity index (χ1) is 5.84. The number of terminal acetylenes is 1. The van der Waals surface area contributed by atoms with Gasteiger partial charge in [-0.15, -0.1) is 23.7 Å². The molecule has 2 N–H and O–H groups in total. The van der Waals surface area contributed by atoms with E-state index in [0.29, 0.717) is 0 Å². The smallest absolute Gasteiger partial charge is 0.0390 e. The molecule has 0 aliphatic heterocycles. The monoisotopic (exact) mass is 179 g/mol. The van der Waals surface area contributed by atoms with Crippen molar-refractivity contribution in [2.24, 2.45) is 5.73 Å². The standard InChI is InChI=1S/C10H13NS/c1-2-3-4-6-9(11)10-7-5-8-12-10/h1,5,7-9H,3-4,6,11H2. The van der Waals surface area contributed by atoms with E-state index in [-0.39, 0.29) is 6.04 Å². The van der Waals surface area contributed by atoms with Gasteiger partial charge >= 0.3 is 0 Å². The SMILES string of the molecule is C#CCCCC(N)c1cccs1. The summed E-state index contributed by atoms with van der Waals surface area (Å²) >= 11 is 1.71. The van der Waals surface area contributed by atoms with Gasteiger partial charge < -0.3 is 5.73 Å². The third-order valence-electron chi connectivity index (χ3n) is 1.74. The number of hydrogen-bond acceptors (Lipinski definition) is 2. The molecule has 0 amide bonds. The maximum absolute atomic E-state index is 5.92. The number of thiophene rings is 1. The van der Waals surface area contributed by atoms with E-state index in [1.54, 1.807) is 11.3 Å². The largest absolute Gasteiger partial charge is 0.323 e. The summed E-state index contributed by atoms with van der Waals surface area (Å²) in [5.41, 5.74) is 5.92. The molecule has 0 fully saturated rings. The van der Waals surface area contributed by atoms with E-state index in [0.717, 1.165) is 19.3 Å². The average molecular weight is 179 g/mol. The average Bonchev–Trinajstić information content (AvgIpc) is 2.56. The molecule has 12 heavy (non-hydrogen) atoms. The number of nitrogens with two attached hydrogens (primary N) is 1. The molecular formula is C10H13NS. The molecule has 1 heterocycles. The van der Waals surface area contributed by atoms with Gasteiger partial charge in [0.1, 0.15) is 0 Å². The van der Waals surface area contributed by atoms with E-state index in [2.05, 4.69) is 17.4 Å². The van der Waals surface area contributed by atoms with Gasteiger partial charge in [-0.05, 0) is 24.3 Å². The Labute approximate surface area is 77.6 Å². The van der Waals surface area contributed by atoms with E-state index in [4.69, 9.17) is 12.2 Å². The first kappa shape index (κ1) is 9.31. The van der Waals surface area contributed by atoms with Gasteiger partial charge in [-0.2, -0.15) is 0 Å². The third-order valence-corrected chi connectivity index (χ3v) is 2.75. The van der Waals surface area contributed by atoms with Crippen LogP contribution in [0.4, 0.5) is 0 Å². The highest BCUT2D eigenvalue weighted by Gasteiger charge is 2.04. The Balaban J connectivity index is 2.30. The highest BCUT2D eigenvalue weighted by atomic mass is 32.1. The van der Waals surface area contributed by atoms with Gasteiger partial charge in [-0.1, -0.05) is 6.07 Å². The maximum atomic E-state index is 5.92. The molecule has 1 nitrogen and oxygen atoms in total. The van der Waals surface area contributed by atoms with Gasteiger partial charge in [-0.3, -0.25) is 0 Å². The van der Waals surface area contributed by atoms with Gasteiger partial charge in [0, 0.05) is 17.3 Å². The lowest BCUT2D eigenvalue weighted by Gasteiger charge is -2.06. The zero-order valence-corrected chi connectivity index (χ0v) is 7.81. The van der Waals surface area contributed by atoms with Crippen molar-refractivity contribution in [3.63, 3.8) is 0 Å². The summed E-state index contributed by atoms with van der Waals surface area (Å²) in [5, 5.41) is 2.05. The Bertz CT molecular complexity index is 245. The summed E-state index contributed by atoms with van der Waals surface area (Å²) in [4.78, 5) is 1.26. The van der Waals surface area contributed by atoms with Crippen LogP contribution in [0.2, 0.25) is 0 Å². The Morgan fingerprint density at radius 1 is 1.67 bits per heavy atom. The summed E-state index contributed by atoms with van der Waals surface area (Å²) in [6.07, 6.45) is 7.99. The van der Waals surface area contributed by atoms with Crippen molar-refractivity contribution in [2.45, 2.75) is 25.3 Å². The van der Waals surface area contributed by atoms with Crippen molar-refractivity contribution < 1.29 is 0 Å². The topological polar surface area (TPSA) is 26.0 Å². The summed E-state index contributed by atoms with van der Waals surface area (Å²) in [5.74, 6) is 2.62. The fourth-order valence-electron chi connectivity index (χ4n) is 1.07. The molecule has 1 unspecified atom stereocenters. The van der Waals surface area contributed by atoms with E-state index >= 15 is 0 Å². The molecule has 0 saturated heterocycles. The summed E-state index contributed by atoms with van der Waals surface area (Å²) < 4.78 is 0. The van der Waals surface area contributed by atoms with Gasteiger partial charge in [0.2, 0.25) is 0 Å². The van der Waals surface area contributed by atoms with Crippen molar-refractivity contribution in [1.82, 2.24) is 0 Å². The Kier molecular flexibility index (Phi) is 3.86. The molecule has 0 saturated carbocycles. The van der Waals surface area contributed by atoms with Crippen LogP contribution >= 0.6 is 11.3 Å². The minimum absolute atomic E-state index is 0.179. The molecule has 0 aromatic carbocycles. The molecule has 0 spiro atoms. The molecule has 64 valence electrons. The zero-order valence-electron chi connectivity index (χ0n) is 6.99. The van der Waals surface area contributed by atoms with Gasteiger partial charge in [0.25, 0.3) is 0 Å². The molecule has 1 rings (SSSR count). The molecule has 0 aliphatic carbocycles. The van der Waals surface area contributed by atoms with Gasteiger partial charge in [-0.25, -0.2) is 0 Å². The molecule has 0 bridgehead atoms. The van der Waals surface area contributed by atoms with E-state index in [9.17, 15) is 0 Å². The number of hydrogen-bond donors (Lipinski definition) is 1. The van der Waals surface area contributed by atoms with Crippen LogP contribution in [-0.2, 0) is 0 Å². The first-order valence-electron chi connectivity index (χ1n) is 4.07. The van der Waals surface area contributed by atoms with Crippen LogP contribution < -0.4 is 5.73 Å². The van der Waals surface area contributed by atoms with Crippen LogP contribution in [0, 0.1) is 12.3 Å². The summed E-state index contributed by atoms with van der Waals surface area (Å²) in [6, 6.07) is 4.28. The highest BCUT2D eigenvalue weighted by molar-refractivity contribution is 7.10. The van der Waals surface area contributed by atoms with Crippen molar-refractivity contribution in [3.8, 4) is 12.3 Å². The van der Waals surface area contributed by atoms with E-state index in [1.165, 1.54) is 4.88 Å². The predicted octanol–water partition coefficient (Wildman–Crippen LogP) is 2.55. The minimum atomic E-state index is 0.179. The van der Waals surface area contributed by atoms with Crippen LogP contribution in [0.25, 0.3) is 0 Å². The van der Waals surface area contributed by atoms with E-state index in [1.807, 2.05) is 6.07 Å². The molecule has 0 aliphatic rings. The number of unbranched alkanes of at least 4 members (excludes halogenated alkanes) is 1. The fourth-order valence-corrected chi connectivity index (χ4v) is 1.83. The van der Waals surface area contributed by atoms with Crippen LogP contribution in [0.5, 0.6) is 0 Å². The normalized spacial score (nSPS) is 12.3. The van der Waals surface area contributed by atoms with Gasteiger partial charge in [0.15, 0.2) is 0 Å². The zero-order chi connectivity index (χ0) is 8.81. The minimum Gasteiger partial charge on any atom is -0.323 e. The molecule has 0 radical (unpaired) electrons. The van der Waals surface area contributed by atoms with E-state index < -0.39 is 0 Å². The molecule has 2 heteroatoms. The fraction of sp³-hybridized carbons (Fsp3) is 0.400. The van der Waals surface area contributed by atoms with Crippen LogP contribution in [0.15, 0.2) is 17.5 Å². The first-order valence-corrected chi connectivity index (χ1v) is 4.95.